The van der Waals surface area contributed by atoms with E-state index in [1.807, 2.05) is 0 Å². The maximum absolute atomic E-state index is 14.3. The van der Waals surface area contributed by atoms with Gasteiger partial charge < -0.3 is 14.6 Å². The quantitative estimate of drug-likeness (QED) is 0.387. The second kappa shape index (κ2) is 10.1. The molecule has 0 spiro atoms. The van der Waals surface area contributed by atoms with Gasteiger partial charge in [-0.05, 0) is 48.4 Å². The number of carboxylic acids is 1. The van der Waals surface area contributed by atoms with Crippen molar-refractivity contribution < 1.29 is 49.7 Å². The molecule has 0 amide bonds. The SMILES string of the molecule is COc1c(F)cc(F)cc1-c1ccc2c(c1)N(S(=O)(=O)c1cccc(C(F)(F)F)c1)C[C@H](CCC(=O)O)O2. The molecular formula is C25H20F5NO6S. The highest BCUT2D eigenvalue weighted by molar-refractivity contribution is 7.92. The van der Waals surface area contributed by atoms with Gasteiger partial charge in [0.25, 0.3) is 10.0 Å². The van der Waals surface area contributed by atoms with Crippen LogP contribution in [0.2, 0.25) is 0 Å². The first-order chi connectivity index (χ1) is 17.8. The molecule has 0 unspecified atom stereocenters. The summed E-state index contributed by atoms with van der Waals surface area (Å²) in [4.78, 5) is 10.4. The number of halogens is 5. The highest BCUT2D eigenvalue weighted by Crippen LogP contribution is 2.43. The van der Waals surface area contributed by atoms with Crippen molar-refractivity contribution in [3.8, 4) is 22.6 Å². The normalized spacial score (nSPS) is 15.5. The Morgan fingerprint density at radius 2 is 1.87 bits per heavy atom. The number of rotatable bonds is 7. The lowest BCUT2D eigenvalue weighted by atomic mass is 10.0. The van der Waals surface area contributed by atoms with Crippen LogP contribution in [0.15, 0.2) is 59.5 Å². The number of fused-ring (bicyclic) bond motifs is 1. The lowest BCUT2D eigenvalue weighted by molar-refractivity contribution is -0.138. The van der Waals surface area contributed by atoms with Gasteiger partial charge in [0.05, 0.1) is 29.8 Å². The van der Waals surface area contributed by atoms with Crippen LogP contribution in [-0.4, -0.2) is 39.3 Å². The van der Waals surface area contributed by atoms with Crippen LogP contribution in [0.1, 0.15) is 18.4 Å². The summed E-state index contributed by atoms with van der Waals surface area (Å²) >= 11 is 0. The number of alkyl halides is 3. The summed E-state index contributed by atoms with van der Waals surface area (Å²) in [7, 11) is -3.47. The standard InChI is InChI=1S/C25H20F5NO6S/c1-36-24-19(11-16(26)12-20(24)27)14-5-7-22-21(9-14)31(13-17(37-22)6-8-23(32)33)38(34,35)18-4-2-3-15(10-18)25(28,29)30/h2-5,7,9-12,17H,6,8,13H2,1H3,(H,32,33)/t17-/m0/s1. The lowest BCUT2D eigenvalue weighted by Gasteiger charge is -2.36. The zero-order valence-electron chi connectivity index (χ0n) is 19.6. The number of methoxy groups -OCH3 is 1. The molecule has 1 atom stereocenters. The van der Waals surface area contributed by atoms with Crippen LogP contribution < -0.4 is 13.8 Å². The minimum atomic E-state index is -4.80. The molecule has 0 saturated heterocycles. The molecule has 7 nitrogen and oxygen atoms in total. The molecule has 13 heteroatoms. The molecule has 38 heavy (non-hydrogen) atoms. The second-order valence-electron chi connectivity index (χ2n) is 8.38. The molecule has 1 aliphatic rings. The van der Waals surface area contributed by atoms with Crippen LogP contribution in [0.5, 0.6) is 11.5 Å². The van der Waals surface area contributed by atoms with Gasteiger partial charge in [-0.25, -0.2) is 17.2 Å². The van der Waals surface area contributed by atoms with Crippen LogP contribution in [0.25, 0.3) is 11.1 Å². The lowest BCUT2D eigenvalue weighted by Crippen LogP contribution is -2.43. The number of hydrogen-bond acceptors (Lipinski definition) is 5. The summed E-state index contributed by atoms with van der Waals surface area (Å²) in [6, 6.07) is 8.74. The van der Waals surface area contributed by atoms with Crippen molar-refractivity contribution in [2.75, 3.05) is 18.0 Å². The number of nitrogens with zero attached hydrogens (tertiary/aromatic N) is 1. The van der Waals surface area contributed by atoms with Gasteiger partial charge in [-0.2, -0.15) is 13.2 Å². The number of carbonyl (C=O) groups is 1. The van der Waals surface area contributed by atoms with E-state index in [9.17, 15) is 35.2 Å². The Balaban J connectivity index is 1.86. The van der Waals surface area contributed by atoms with E-state index in [2.05, 4.69) is 0 Å². The number of anilines is 1. The minimum Gasteiger partial charge on any atom is -0.493 e. The van der Waals surface area contributed by atoms with E-state index < -0.39 is 56.9 Å². The summed E-state index contributed by atoms with van der Waals surface area (Å²) < 4.78 is 107. The summed E-state index contributed by atoms with van der Waals surface area (Å²) in [6.45, 7) is -0.420. The van der Waals surface area contributed by atoms with E-state index in [1.165, 1.54) is 25.3 Å². The smallest absolute Gasteiger partial charge is 0.416 e. The Hall–Kier alpha value is -3.87. The van der Waals surface area contributed by atoms with Gasteiger partial charge in [0.15, 0.2) is 11.6 Å². The maximum atomic E-state index is 14.3. The molecule has 1 N–H and O–H groups in total. The number of aliphatic carboxylic acids is 1. The fourth-order valence-corrected chi connectivity index (χ4v) is 5.63. The molecule has 0 radical (unpaired) electrons. The van der Waals surface area contributed by atoms with Crippen LogP contribution in [-0.2, 0) is 21.0 Å². The molecule has 0 bridgehead atoms. The van der Waals surface area contributed by atoms with Crippen molar-refractivity contribution in [1.82, 2.24) is 0 Å². The average molecular weight is 557 g/mol. The molecule has 0 saturated carbocycles. The van der Waals surface area contributed by atoms with Gasteiger partial charge in [-0.1, -0.05) is 12.1 Å². The zero-order valence-corrected chi connectivity index (χ0v) is 20.4. The highest BCUT2D eigenvalue weighted by atomic mass is 32.2. The van der Waals surface area contributed by atoms with Crippen molar-refractivity contribution in [1.29, 1.82) is 0 Å². The topological polar surface area (TPSA) is 93.1 Å². The third-order valence-corrected chi connectivity index (χ3v) is 7.62. The summed E-state index contributed by atoms with van der Waals surface area (Å²) in [5.41, 5.74) is -1.20. The predicted molar refractivity (Wildman–Crippen MR) is 126 cm³/mol. The zero-order chi connectivity index (χ0) is 27.8. The molecule has 0 aromatic heterocycles. The van der Waals surface area contributed by atoms with Gasteiger partial charge in [-0.15, -0.1) is 0 Å². The van der Waals surface area contributed by atoms with Gasteiger partial charge in [0.1, 0.15) is 17.7 Å². The Labute approximate surface area is 214 Å². The van der Waals surface area contributed by atoms with E-state index in [-0.39, 0.29) is 41.2 Å². The van der Waals surface area contributed by atoms with Crippen molar-refractivity contribution in [3.63, 3.8) is 0 Å². The van der Waals surface area contributed by atoms with Crippen molar-refractivity contribution in [3.05, 3.63) is 71.8 Å². The summed E-state index contributed by atoms with van der Waals surface area (Å²) in [5.74, 6) is -3.40. The van der Waals surface area contributed by atoms with Crippen molar-refractivity contribution in [2.45, 2.75) is 30.0 Å². The Morgan fingerprint density at radius 1 is 1.13 bits per heavy atom. The summed E-state index contributed by atoms with van der Waals surface area (Å²) in [5, 5.41) is 9.04. The number of sulfonamides is 1. The molecular weight excluding hydrogens is 537 g/mol. The molecule has 3 aromatic rings. The molecule has 4 rings (SSSR count). The third kappa shape index (κ3) is 5.37. The number of carboxylic acid groups (broad SMARTS) is 1. The molecule has 0 fully saturated rings. The summed E-state index contributed by atoms with van der Waals surface area (Å²) in [6.07, 6.45) is -6.18. The first kappa shape index (κ1) is 27.2. The first-order valence-corrected chi connectivity index (χ1v) is 12.5. The fraction of sp³-hybridized carbons (Fsp3) is 0.240. The van der Waals surface area contributed by atoms with E-state index >= 15 is 0 Å². The minimum absolute atomic E-state index is 0.0122. The van der Waals surface area contributed by atoms with Gasteiger partial charge in [-0.3, -0.25) is 9.10 Å². The number of hydrogen-bond donors (Lipinski definition) is 1. The van der Waals surface area contributed by atoms with Crippen molar-refractivity contribution >= 4 is 21.7 Å². The average Bonchev–Trinajstić information content (AvgIpc) is 2.85. The molecule has 3 aromatic carbocycles. The Bertz CT molecular complexity index is 1490. The predicted octanol–water partition coefficient (Wildman–Crippen LogP) is 5.48. The van der Waals surface area contributed by atoms with Gasteiger partial charge >= 0.3 is 12.1 Å². The van der Waals surface area contributed by atoms with Crippen LogP contribution in [0.4, 0.5) is 27.6 Å². The monoisotopic (exact) mass is 557 g/mol. The van der Waals surface area contributed by atoms with E-state index in [1.54, 1.807) is 0 Å². The van der Waals surface area contributed by atoms with Gasteiger partial charge in [0, 0.05) is 18.1 Å². The van der Waals surface area contributed by atoms with E-state index in [0.717, 1.165) is 28.6 Å². The largest absolute Gasteiger partial charge is 0.493 e. The fourth-order valence-electron chi connectivity index (χ4n) is 4.08. The third-order valence-electron chi connectivity index (χ3n) is 5.84. The second-order valence-corrected chi connectivity index (χ2v) is 10.2. The van der Waals surface area contributed by atoms with E-state index in [0.29, 0.717) is 12.1 Å². The van der Waals surface area contributed by atoms with Gasteiger partial charge in [0.2, 0.25) is 0 Å². The first-order valence-electron chi connectivity index (χ1n) is 11.1. The Morgan fingerprint density at radius 3 is 2.53 bits per heavy atom. The molecule has 1 heterocycles. The maximum Gasteiger partial charge on any atom is 0.416 e. The van der Waals surface area contributed by atoms with Crippen LogP contribution in [0.3, 0.4) is 0 Å². The number of ether oxygens (including phenoxy) is 2. The molecule has 202 valence electrons. The molecule has 1 aliphatic heterocycles. The van der Waals surface area contributed by atoms with Crippen LogP contribution in [0, 0.1) is 11.6 Å². The number of benzene rings is 3. The van der Waals surface area contributed by atoms with Crippen molar-refractivity contribution in [2.24, 2.45) is 0 Å². The van der Waals surface area contributed by atoms with Crippen LogP contribution >= 0.6 is 0 Å². The van der Waals surface area contributed by atoms with E-state index in [4.69, 9.17) is 14.6 Å². The highest BCUT2D eigenvalue weighted by Gasteiger charge is 2.37. The Kier molecular flexibility index (Phi) is 7.24. The molecule has 0 aliphatic carbocycles.